The third kappa shape index (κ3) is 3.17. The van der Waals surface area contributed by atoms with Crippen LogP contribution in [0.5, 0.6) is 0 Å². The molecule has 0 aliphatic carbocycles. The SMILES string of the molecule is CNCc1ccc2c(ccn2Cc2cc(F)cc(Br)c2)c1. The third-order valence-corrected chi connectivity index (χ3v) is 3.95. The number of hydrogen-bond acceptors (Lipinski definition) is 1. The van der Waals surface area contributed by atoms with Crippen LogP contribution in [0.1, 0.15) is 11.1 Å². The van der Waals surface area contributed by atoms with Crippen molar-refractivity contribution in [3.8, 4) is 0 Å². The summed E-state index contributed by atoms with van der Waals surface area (Å²) in [6.07, 6.45) is 2.05. The highest BCUT2D eigenvalue weighted by Crippen LogP contribution is 2.21. The molecule has 3 rings (SSSR count). The minimum atomic E-state index is -0.216. The van der Waals surface area contributed by atoms with Gasteiger partial charge in [0.1, 0.15) is 5.82 Å². The molecule has 3 aromatic rings. The molecule has 0 aliphatic heterocycles. The van der Waals surface area contributed by atoms with E-state index in [1.54, 1.807) is 6.07 Å². The lowest BCUT2D eigenvalue weighted by molar-refractivity contribution is 0.623. The van der Waals surface area contributed by atoms with Crippen molar-refractivity contribution in [1.29, 1.82) is 0 Å². The van der Waals surface area contributed by atoms with E-state index in [9.17, 15) is 4.39 Å². The number of hydrogen-bond donors (Lipinski definition) is 1. The molecule has 108 valence electrons. The van der Waals surface area contributed by atoms with Crippen LogP contribution < -0.4 is 5.32 Å². The van der Waals surface area contributed by atoms with Crippen molar-refractivity contribution in [2.75, 3.05) is 7.05 Å². The van der Waals surface area contributed by atoms with Gasteiger partial charge in [0.15, 0.2) is 0 Å². The van der Waals surface area contributed by atoms with Gasteiger partial charge in [-0.1, -0.05) is 22.0 Å². The Morgan fingerprint density at radius 3 is 2.71 bits per heavy atom. The average Bonchev–Trinajstić information content (AvgIpc) is 2.80. The summed E-state index contributed by atoms with van der Waals surface area (Å²) in [5, 5.41) is 4.36. The average molecular weight is 347 g/mol. The van der Waals surface area contributed by atoms with Crippen LogP contribution in [0.25, 0.3) is 10.9 Å². The molecule has 1 heterocycles. The number of rotatable bonds is 4. The van der Waals surface area contributed by atoms with E-state index in [1.807, 2.05) is 19.3 Å². The second kappa shape index (κ2) is 6.00. The number of nitrogens with one attached hydrogen (secondary N) is 1. The van der Waals surface area contributed by atoms with Gasteiger partial charge in [-0.3, -0.25) is 0 Å². The van der Waals surface area contributed by atoms with Crippen LogP contribution in [-0.4, -0.2) is 11.6 Å². The zero-order chi connectivity index (χ0) is 14.8. The van der Waals surface area contributed by atoms with E-state index >= 15 is 0 Å². The molecule has 2 aromatic carbocycles. The summed E-state index contributed by atoms with van der Waals surface area (Å²) in [7, 11) is 1.94. The summed E-state index contributed by atoms with van der Waals surface area (Å²) < 4.78 is 16.4. The first-order valence-electron chi connectivity index (χ1n) is 6.83. The Bertz CT molecular complexity index is 759. The summed E-state index contributed by atoms with van der Waals surface area (Å²) in [4.78, 5) is 0. The number of nitrogens with zero attached hydrogens (tertiary/aromatic N) is 1. The molecule has 0 saturated heterocycles. The fourth-order valence-corrected chi connectivity index (χ4v) is 3.11. The van der Waals surface area contributed by atoms with Gasteiger partial charge in [0.2, 0.25) is 0 Å². The van der Waals surface area contributed by atoms with Gasteiger partial charge in [0.05, 0.1) is 0 Å². The number of fused-ring (bicyclic) bond motifs is 1. The molecule has 0 unspecified atom stereocenters. The van der Waals surface area contributed by atoms with Gasteiger partial charge >= 0.3 is 0 Å². The molecule has 0 fully saturated rings. The van der Waals surface area contributed by atoms with E-state index in [1.165, 1.54) is 17.0 Å². The Labute approximate surface area is 131 Å². The van der Waals surface area contributed by atoms with Crippen LogP contribution in [0, 0.1) is 5.82 Å². The van der Waals surface area contributed by atoms with Crippen LogP contribution in [0.4, 0.5) is 4.39 Å². The molecule has 4 heteroatoms. The summed E-state index contributed by atoms with van der Waals surface area (Å²) in [5.74, 6) is -0.216. The van der Waals surface area contributed by atoms with E-state index in [2.05, 4.69) is 50.1 Å². The molecular formula is C17H16BrFN2. The van der Waals surface area contributed by atoms with E-state index in [0.29, 0.717) is 6.54 Å². The first-order valence-corrected chi connectivity index (χ1v) is 7.62. The fourth-order valence-electron chi connectivity index (χ4n) is 2.60. The maximum atomic E-state index is 13.5. The molecule has 0 spiro atoms. The van der Waals surface area contributed by atoms with Crippen molar-refractivity contribution in [3.63, 3.8) is 0 Å². The van der Waals surface area contributed by atoms with E-state index < -0.39 is 0 Å². The smallest absolute Gasteiger partial charge is 0.124 e. The number of halogens is 2. The minimum absolute atomic E-state index is 0.216. The monoisotopic (exact) mass is 346 g/mol. The van der Waals surface area contributed by atoms with E-state index in [0.717, 1.165) is 22.1 Å². The third-order valence-electron chi connectivity index (χ3n) is 3.49. The molecule has 0 atom stereocenters. The summed E-state index contributed by atoms with van der Waals surface area (Å²) in [6, 6.07) is 13.5. The lowest BCUT2D eigenvalue weighted by Crippen LogP contribution is -2.04. The standard InChI is InChI=1S/C17H16BrFN2/c1-20-10-12-2-3-17-14(6-12)4-5-21(17)11-13-7-15(18)9-16(19)8-13/h2-9,20H,10-11H2,1H3. The second-order valence-electron chi connectivity index (χ2n) is 5.14. The Morgan fingerprint density at radius 1 is 1.10 bits per heavy atom. The largest absolute Gasteiger partial charge is 0.343 e. The van der Waals surface area contributed by atoms with Crippen LogP contribution >= 0.6 is 15.9 Å². The molecule has 0 bridgehead atoms. The van der Waals surface area contributed by atoms with Gasteiger partial charge in [-0.15, -0.1) is 0 Å². The highest BCUT2D eigenvalue weighted by molar-refractivity contribution is 9.10. The molecule has 2 nitrogen and oxygen atoms in total. The second-order valence-corrected chi connectivity index (χ2v) is 6.06. The maximum Gasteiger partial charge on any atom is 0.124 e. The lowest BCUT2D eigenvalue weighted by Gasteiger charge is -2.07. The Morgan fingerprint density at radius 2 is 1.95 bits per heavy atom. The number of aromatic nitrogens is 1. The molecule has 0 saturated carbocycles. The normalized spacial score (nSPS) is 11.2. The van der Waals surface area contributed by atoms with Crippen molar-refractivity contribution in [1.82, 2.24) is 9.88 Å². The molecule has 0 amide bonds. The highest BCUT2D eigenvalue weighted by Gasteiger charge is 2.05. The molecule has 1 aromatic heterocycles. The van der Waals surface area contributed by atoms with Gasteiger partial charge in [-0.25, -0.2) is 4.39 Å². The minimum Gasteiger partial charge on any atom is -0.343 e. The van der Waals surface area contributed by atoms with Crippen molar-refractivity contribution in [2.45, 2.75) is 13.1 Å². The van der Waals surface area contributed by atoms with Crippen molar-refractivity contribution >= 4 is 26.8 Å². The predicted octanol–water partition coefficient (Wildman–Crippen LogP) is 4.31. The van der Waals surface area contributed by atoms with Crippen LogP contribution in [0.15, 0.2) is 53.1 Å². The Kier molecular flexibility index (Phi) is 4.08. The lowest BCUT2D eigenvalue weighted by atomic mass is 10.1. The number of benzene rings is 2. The highest BCUT2D eigenvalue weighted by atomic mass is 79.9. The van der Waals surface area contributed by atoms with Gasteiger partial charge < -0.3 is 9.88 Å². The van der Waals surface area contributed by atoms with Crippen molar-refractivity contribution < 1.29 is 4.39 Å². The van der Waals surface area contributed by atoms with Crippen molar-refractivity contribution in [2.24, 2.45) is 0 Å². The van der Waals surface area contributed by atoms with Crippen molar-refractivity contribution in [3.05, 3.63) is 70.1 Å². The fraction of sp³-hybridized carbons (Fsp3) is 0.176. The van der Waals surface area contributed by atoms with E-state index in [-0.39, 0.29) is 5.82 Å². The van der Waals surface area contributed by atoms with Crippen LogP contribution in [0.3, 0.4) is 0 Å². The first-order chi connectivity index (χ1) is 10.2. The molecular weight excluding hydrogens is 331 g/mol. The topological polar surface area (TPSA) is 17.0 Å². The summed E-state index contributed by atoms with van der Waals surface area (Å²) >= 11 is 3.34. The zero-order valence-electron chi connectivity index (χ0n) is 11.7. The zero-order valence-corrected chi connectivity index (χ0v) is 13.3. The van der Waals surface area contributed by atoms with Gasteiger partial charge in [-0.2, -0.15) is 0 Å². The quantitative estimate of drug-likeness (QED) is 0.744. The van der Waals surface area contributed by atoms with Gasteiger partial charge in [0, 0.05) is 29.3 Å². The Balaban J connectivity index is 1.93. The molecule has 21 heavy (non-hydrogen) atoms. The predicted molar refractivity (Wildman–Crippen MR) is 87.9 cm³/mol. The van der Waals surface area contributed by atoms with Gasteiger partial charge in [-0.05, 0) is 60.0 Å². The Hall–Kier alpha value is -1.65. The first kappa shape index (κ1) is 14.3. The summed E-state index contributed by atoms with van der Waals surface area (Å²) in [6.45, 7) is 1.52. The molecule has 0 aliphatic rings. The molecule has 0 radical (unpaired) electrons. The molecule has 1 N–H and O–H groups in total. The van der Waals surface area contributed by atoms with E-state index in [4.69, 9.17) is 0 Å². The summed E-state index contributed by atoms with van der Waals surface area (Å²) in [5.41, 5.74) is 3.37. The van der Waals surface area contributed by atoms with Gasteiger partial charge in [0.25, 0.3) is 0 Å². The maximum absolute atomic E-state index is 13.5. The van der Waals surface area contributed by atoms with Crippen LogP contribution in [-0.2, 0) is 13.1 Å². The van der Waals surface area contributed by atoms with Crippen LogP contribution in [0.2, 0.25) is 0 Å².